The van der Waals surface area contributed by atoms with Gasteiger partial charge in [-0.1, -0.05) is 18.7 Å². The summed E-state index contributed by atoms with van der Waals surface area (Å²) in [4.78, 5) is 15.7. The molecule has 0 radical (unpaired) electrons. The Morgan fingerprint density at radius 3 is 3.00 bits per heavy atom. The lowest BCUT2D eigenvalue weighted by molar-refractivity contribution is -0.124. The van der Waals surface area contributed by atoms with Gasteiger partial charge in [0.1, 0.15) is 19.0 Å². The Kier molecular flexibility index (Phi) is 5.10. The first-order valence-corrected chi connectivity index (χ1v) is 7.22. The molecule has 0 fully saturated rings. The molecule has 2 heterocycles. The van der Waals surface area contributed by atoms with E-state index in [1.165, 1.54) is 6.33 Å². The number of thioether (sulfide) groups is 1. The molecule has 0 aliphatic rings. The van der Waals surface area contributed by atoms with Gasteiger partial charge in [0.2, 0.25) is 5.91 Å². The Morgan fingerprint density at radius 1 is 1.50 bits per heavy atom. The molecule has 2 aromatic rings. The van der Waals surface area contributed by atoms with E-state index in [2.05, 4.69) is 25.6 Å². The van der Waals surface area contributed by atoms with Crippen LogP contribution in [0.4, 0.5) is 0 Å². The molecule has 9 heteroatoms. The van der Waals surface area contributed by atoms with Gasteiger partial charge in [-0.2, -0.15) is 5.10 Å². The van der Waals surface area contributed by atoms with Gasteiger partial charge < -0.3 is 9.88 Å². The number of carbonyl (C=O) groups is 1. The zero-order valence-corrected chi connectivity index (χ0v) is 12.2. The third-order valence-corrected chi connectivity index (χ3v) is 3.71. The zero-order valence-electron chi connectivity index (χ0n) is 11.4. The first-order chi connectivity index (χ1) is 9.66. The first-order valence-electron chi connectivity index (χ1n) is 6.23. The van der Waals surface area contributed by atoms with Crippen LogP contribution in [0.5, 0.6) is 0 Å². The standard InChI is InChI=1S/C11H17N7OS/c1-9(5-18-7-12-6-15-18)10(19)13-3-4-20-11-16-14-8-17(11)2/h6-9H,3-5H2,1-2H3,(H,13,19). The van der Waals surface area contributed by atoms with Crippen LogP contribution in [0.1, 0.15) is 6.92 Å². The molecule has 0 saturated heterocycles. The monoisotopic (exact) mass is 295 g/mol. The summed E-state index contributed by atoms with van der Waals surface area (Å²) >= 11 is 1.56. The van der Waals surface area contributed by atoms with E-state index >= 15 is 0 Å². The fourth-order valence-electron chi connectivity index (χ4n) is 1.58. The smallest absolute Gasteiger partial charge is 0.224 e. The normalized spacial score (nSPS) is 12.3. The SMILES string of the molecule is CC(Cn1cncn1)C(=O)NCCSc1nncn1C. The van der Waals surface area contributed by atoms with E-state index in [0.29, 0.717) is 13.1 Å². The summed E-state index contributed by atoms with van der Waals surface area (Å²) in [5, 5.41) is 15.5. The van der Waals surface area contributed by atoms with Crippen LogP contribution in [-0.2, 0) is 18.4 Å². The summed E-state index contributed by atoms with van der Waals surface area (Å²) in [5.41, 5.74) is 0. The van der Waals surface area contributed by atoms with E-state index in [9.17, 15) is 4.79 Å². The zero-order chi connectivity index (χ0) is 14.4. The van der Waals surface area contributed by atoms with Crippen molar-refractivity contribution >= 4 is 17.7 Å². The number of hydrogen-bond donors (Lipinski definition) is 1. The number of nitrogens with one attached hydrogen (secondary N) is 1. The molecule has 20 heavy (non-hydrogen) atoms. The lowest BCUT2D eigenvalue weighted by atomic mass is 10.1. The molecule has 1 amide bonds. The molecule has 1 N–H and O–H groups in total. The second-order valence-corrected chi connectivity index (χ2v) is 5.44. The molecule has 0 aromatic carbocycles. The minimum atomic E-state index is -0.142. The molecule has 2 aromatic heterocycles. The van der Waals surface area contributed by atoms with Crippen LogP contribution in [0.2, 0.25) is 0 Å². The minimum Gasteiger partial charge on any atom is -0.355 e. The van der Waals surface area contributed by atoms with E-state index < -0.39 is 0 Å². The maximum Gasteiger partial charge on any atom is 0.224 e. The second-order valence-electron chi connectivity index (χ2n) is 4.38. The van der Waals surface area contributed by atoms with Crippen molar-refractivity contribution in [3.63, 3.8) is 0 Å². The molecule has 108 valence electrons. The largest absolute Gasteiger partial charge is 0.355 e. The van der Waals surface area contributed by atoms with Crippen LogP contribution in [-0.4, -0.2) is 47.7 Å². The lowest BCUT2D eigenvalue weighted by Gasteiger charge is -2.11. The number of nitrogens with zero attached hydrogens (tertiary/aromatic N) is 6. The lowest BCUT2D eigenvalue weighted by Crippen LogP contribution is -2.33. The molecule has 0 saturated carbocycles. The van der Waals surface area contributed by atoms with E-state index in [1.54, 1.807) is 29.1 Å². The maximum atomic E-state index is 11.9. The maximum absolute atomic E-state index is 11.9. The van der Waals surface area contributed by atoms with Gasteiger partial charge in [0.05, 0.1) is 12.5 Å². The van der Waals surface area contributed by atoms with Crippen molar-refractivity contribution in [1.82, 2.24) is 34.8 Å². The van der Waals surface area contributed by atoms with Gasteiger partial charge in [0.25, 0.3) is 0 Å². The fraction of sp³-hybridized carbons (Fsp3) is 0.545. The highest BCUT2D eigenvalue weighted by molar-refractivity contribution is 7.99. The molecule has 0 aliphatic carbocycles. The van der Waals surface area contributed by atoms with Crippen molar-refractivity contribution in [3.05, 3.63) is 19.0 Å². The van der Waals surface area contributed by atoms with Crippen molar-refractivity contribution in [1.29, 1.82) is 0 Å². The van der Waals surface area contributed by atoms with E-state index in [0.717, 1.165) is 10.9 Å². The predicted octanol–water partition coefficient (Wildman–Crippen LogP) is -0.0488. The Bertz CT molecular complexity index is 539. The van der Waals surface area contributed by atoms with Crippen LogP contribution in [0.3, 0.4) is 0 Å². The summed E-state index contributed by atoms with van der Waals surface area (Å²) in [6.45, 7) is 2.99. The topological polar surface area (TPSA) is 90.5 Å². The van der Waals surface area contributed by atoms with Crippen molar-refractivity contribution in [2.75, 3.05) is 12.3 Å². The first kappa shape index (κ1) is 14.5. The number of amides is 1. The number of aryl methyl sites for hydroxylation is 1. The van der Waals surface area contributed by atoms with Gasteiger partial charge in [-0.3, -0.25) is 9.48 Å². The second kappa shape index (κ2) is 7.04. The van der Waals surface area contributed by atoms with Gasteiger partial charge in [-0.15, -0.1) is 10.2 Å². The average molecular weight is 295 g/mol. The quantitative estimate of drug-likeness (QED) is 0.569. The third kappa shape index (κ3) is 4.05. The molecule has 0 spiro atoms. The summed E-state index contributed by atoms with van der Waals surface area (Å²) in [6.07, 6.45) is 4.72. The van der Waals surface area contributed by atoms with Gasteiger partial charge in [0, 0.05) is 19.3 Å². The van der Waals surface area contributed by atoms with Gasteiger partial charge >= 0.3 is 0 Å². The molecule has 8 nitrogen and oxygen atoms in total. The summed E-state index contributed by atoms with van der Waals surface area (Å²) in [6, 6.07) is 0. The van der Waals surface area contributed by atoms with Crippen LogP contribution in [0, 0.1) is 5.92 Å². The van der Waals surface area contributed by atoms with Crippen LogP contribution < -0.4 is 5.32 Å². The van der Waals surface area contributed by atoms with Gasteiger partial charge in [0.15, 0.2) is 5.16 Å². The van der Waals surface area contributed by atoms with Crippen LogP contribution in [0.25, 0.3) is 0 Å². The number of carbonyl (C=O) groups excluding carboxylic acids is 1. The Hall–Kier alpha value is -1.90. The van der Waals surface area contributed by atoms with Crippen molar-refractivity contribution < 1.29 is 4.79 Å². The van der Waals surface area contributed by atoms with Crippen molar-refractivity contribution in [3.8, 4) is 0 Å². The molecule has 2 rings (SSSR count). The minimum absolute atomic E-state index is 0.0130. The van der Waals surface area contributed by atoms with Crippen molar-refractivity contribution in [2.45, 2.75) is 18.6 Å². The Labute approximate surface area is 121 Å². The third-order valence-electron chi connectivity index (χ3n) is 2.68. The molecule has 0 bridgehead atoms. The Morgan fingerprint density at radius 2 is 2.35 bits per heavy atom. The molecular weight excluding hydrogens is 278 g/mol. The molecule has 1 unspecified atom stereocenters. The highest BCUT2D eigenvalue weighted by atomic mass is 32.2. The van der Waals surface area contributed by atoms with Crippen LogP contribution >= 0.6 is 11.8 Å². The summed E-state index contributed by atoms with van der Waals surface area (Å²) < 4.78 is 3.50. The highest BCUT2D eigenvalue weighted by Gasteiger charge is 2.13. The number of rotatable bonds is 7. The van der Waals surface area contributed by atoms with E-state index in [-0.39, 0.29) is 11.8 Å². The molecule has 1 atom stereocenters. The summed E-state index contributed by atoms with van der Waals surface area (Å²) in [5.74, 6) is 0.629. The van der Waals surface area contributed by atoms with Gasteiger partial charge in [-0.05, 0) is 0 Å². The van der Waals surface area contributed by atoms with Gasteiger partial charge in [-0.25, -0.2) is 4.98 Å². The fourth-order valence-corrected chi connectivity index (χ4v) is 2.33. The predicted molar refractivity (Wildman–Crippen MR) is 73.9 cm³/mol. The van der Waals surface area contributed by atoms with Crippen LogP contribution in [0.15, 0.2) is 24.1 Å². The Balaban J connectivity index is 1.66. The van der Waals surface area contributed by atoms with E-state index in [4.69, 9.17) is 0 Å². The number of aromatic nitrogens is 6. The van der Waals surface area contributed by atoms with E-state index in [1.807, 2.05) is 18.5 Å². The molecule has 0 aliphatic heterocycles. The average Bonchev–Trinajstić information content (AvgIpc) is 3.06. The summed E-state index contributed by atoms with van der Waals surface area (Å²) in [7, 11) is 1.89. The highest BCUT2D eigenvalue weighted by Crippen LogP contribution is 2.11. The molecular formula is C11H17N7OS. The number of hydrogen-bond acceptors (Lipinski definition) is 6. The van der Waals surface area contributed by atoms with Crippen molar-refractivity contribution in [2.24, 2.45) is 13.0 Å².